The van der Waals surface area contributed by atoms with E-state index in [0.29, 0.717) is 27.9 Å². The molecule has 0 unspecified atom stereocenters. The Bertz CT molecular complexity index is 1070. The second kappa shape index (κ2) is 9.56. The average Bonchev–Trinajstić information content (AvgIpc) is 3.15. The molecule has 0 saturated carbocycles. The highest BCUT2D eigenvalue weighted by molar-refractivity contribution is 7.14. The lowest BCUT2D eigenvalue weighted by atomic mass is 10.2. The second-order valence-electron chi connectivity index (χ2n) is 6.01. The fourth-order valence-corrected chi connectivity index (χ4v) is 3.17. The van der Waals surface area contributed by atoms with Gasteiger partial charge in [0.05, 0.1) is 31.1 Å². The Kier molecular flexibility index (Phi) is 6.65. The first kappa shape index (κ1) is 20.9. The molecule has 0 aliphatic carbocycles. The van der Waals surface area contributed by atoms with Crippen molar-refractivity contribution in [3.05, 3.63) is 53.6 Å². The van der Waals surface area contributed by atoms with Gasteiger partial charge in [0.25, 0.3) is 5.91 Å². The third-order valence-corrected chi connectivity index (χ3v) is 4.51. The molecular weight excluding hydrogens is 408 g/mol. The number of carbonyl (C=O) groups excluding carboxylic acids is 3. The molecule has 10 nitrogen and oxygen atoms in total. The van der Waals surface area contributed by atoms with Crippen LogP contribution in [0.2, 0.25) is 0 Å². The van der Waals surface area contributed by atoms with Gasteiger partial charge < -0.3 is 15.4 Å². The van der Waals surface area contributed by atoms with Gasteiger partial charge in [-0.25, -0.2) is 9.97 Å². The van der Waals surface area contributed by atoms with E-state index < -0.39 is 5.91 Å². The molecule has 2 aromatic heterocycles. The van der Waals surface area contributed by atoms with Crippen molar-refractivity contribution in [2.75, 3.05) is 23.1 Å². The first-order valence-corrected chi connectivity index (χ1v) is 9.60. The Hall–Kier alpha value is -3.86. The highest BCUT2D eigenvalue weighted by atomic mass is 32.1. The van der Waals surface area contributed by atoms with E-state index in [-0.39, 0.29) is 23.9 Å². The zero-order valence-corrected chi connectivity index (χ0v) is 16.9. The molecule has 0 saturated heterocycles. The molecule has 2 heterocycles. The van der Waals surface area contributed by atoms with E-state index in [4.69, 9.17) is 4.74 Å². The Morgan fingerprint density at radius 3 is 2.67 bits per heavy atom. The Morgan fingerprint density at radius 1 is 1.13 bits per heavy atom. The highest BCUT2D eigenvalue weighted by Crippen LogP contribution is 2.28. The lowest BCUT2D eigenvalue weighted by Gasteiger charge is -2.12. The summed E-state index contributed by atoms with van der Waals surface area (Å²) in [6, 6.07) is 4.91. The number of amides is 3. The van der Waals surface area contributed by atoms with E-state index in [9.17, 15) is 14.4 Å². The molecule has 3 amide bonds. The summed E-state index contributed by atoms with van der Waals surface area (Å²) in [4.78, 5) is 47.8. The molecule has 0 fully saturated rings. The molecule has 3 N–H and O–H groups in total. The third kappa shape index (κ3) is 5.58. The van der Waals surface area contributed by atoms with Crippen LogP contribution in [-0.2, 0) is 16.0 Å². The summed E-state index contributed by atoms with van der Waals surface area (Å²) < 4.78 is 5.25. The van der Waals surface area contributed by atoms with Gasteiger partial charge in [-0.1, -0.05) is 0 Å². The fourth-order valence-electron chi connectivity index (χ4n) is 2.47. The van der Waals surface area contributed by atoms with Gasteiger partial charge in [-0.15, -0.1) is 11.3 Å². The largest absolute Gasteiger partial charge is 0.495 e. The summed E-state index contributed by atoms with van der Waals surface area (Å²) in [5.74, 6) is -0.540. The maximum atomic E-state index is 12.4. The number of hydrogen-bond acceptors (Lipinski definition) is 8. The molecule has 0 atom stereocenters. The zero-order chi connectivity index (χ0) is 21.5. The van der Waals surface area contributed by atoms with Crippen LogP contribution in [0.5, 0.6) is 5.75 Å². The number of methoxy groups -OCH3 is 1. The Balaban J connectivity index is 1.63. The summed E-state index contributed by atoms with van der Waals surface area (Å²) in [5, 5.41) is 10.0. The van der Waals surface area contributed by atoms with Gasteiger partial charge in [0.2, 0.25) is 11.8 Å². The predicted molar refractivity (Wildman–Crippen MR) is 112 cm³/mol. The van der Waals surface area contributed by atoms with Crippen LogP contribution in [0.1, 0.15) is 23.1 Å². The minimum atomic E-state index is -0.437. The molecule has 30 heavy (non-hydrogen) atoms. The maximum Gasteiger partial charge on any atom is 0.277 e. The molecule has 0 aliphatic heterocycles. The van der Waals surface area contributed by atoms with E-state index in [0.717, 1.165) is 0 Å². The quantitative estimate of drug-likeness (QED) is 0.528. The number of aromatic nitrogens is 3. The van der Waals surface area contributed by atoms with Crippen LogP contribution >= 0.6 is 11.3 Å². The number of nitrogens with zero attached hydrogens (tertiary/aromatic N) is 3. The van der Waals surface area contributed by atoms with E-state index in [1.165, 1.54) is 44.0 Å². The molecule has 0 aliphatic rings. The smallest absolute Gasteiger partial charge is 0.277 e. The lowest BCUT2D eigenvalue weighted by molar-refractivity contribution is -0.116. The lowest BCUT2D eigenvalue weighted by Crippen LogP contribution is -2.16. The van der Waals surface area contributed by atoms with E-state index in [2.05, 4.69) is 30.9 Å². The number of benzene rings is 1. The first-order valence-electron chi connectivity index (χ1n) is 8.72. The van der Waals surface area contributed by atoms with Crippen molar-refractivity contribution >= 4 is 45.6 Å². The minimum Gasteiger partial charge on any atom is -0.495 e. The van der Waals surface area contributed by atoms with Gasteiger partial charge in [-0.3, -0.25) is 24.7 Å². The Morgan fingerprint density at radius 2 is 1.97 bits per heavy atom. The van der Waals surface area contributed by atoms with Crippen LogP contribution in [0.4, 0.5) is 16.5 Å². The molecular formula is C19H18N6O4S. The van der Waals surface area contributed by atoms with Crippen LogP contribution in [0.3, 0.4) is 0 Å². The highest BCUT2D eigenvalue weighted by Gasteiger charge is 2.14. The molecule has 1 aromatic carbocycles. The van der Waals surface area contributed by atoms with E-state index >= 15 is 0 Å². The van der Waals surface area contributed by atoms with Crippen LogP contribution in [0.15, 0.2) is 42.2 Å². The standard InChI is InChI=1S/C19H18N6O4S/c1-11(26)22-12-3-4-16(29-2)14(7-12)24-17(27)8-13-10-30-19(23-13)25-18(28)15-9-20-5-6-21-15/h3-7,9-10H,8H2,1-2H3,(H,22,26)(H,24,27)(H,23,25,28). The van der Waals surface area contributed by atoms with Crippen molar-refractivity contribution in [2.24, 2.45) is 0 Å². The van der Waals surface area contributed by atoms with Crippen molar-refractivity contribution in [3.8, 4) is 5.75 Å². The average molecular weight is 426 g/mol. The van der Waals surface area contributed by atoms with E-state index in [1.807, 2.05) is 0 Å². The molecule has 0 bridgehead atoms. The van der Waals surface area contributed by atoms with Crippen LogP contribution in [0.25, 0.3) is 0 Å². The summed E-state index contributed by atoms with van der Waals surface area (Å²) in [5.41, 5.74) is 1.60. The van der Waals surface area contributed by atoms with Gasteiger partial charge in [-0.05, 0) is 18.2 Å². The SMILES string of the molecule is COc1ccc(NC(C)=O)cc1NC(=O)Cc1csc(NC(=O)c2cnccn2)n1. The van der Waals surface area contributed by atoms with Gasteiger partial charge in [-0.2, -0.15) is 0 Å². The predicted octanol–water partition coefficient (Wildman–Crippen LogP) is 2.33. The fraction of sp³-hybridized carbons (Fsp3) is 0.158. The van der Waals surface area contributed by atoms with Gasteiger partial charge >= 0.3 is 0 Å². The minimum absolute atomic E-state index is 0.00890. The van der Waals surface area contributed by atoms with Gasteiger partial charge in [0.1, 0.15) is 11.4 Å². The topological polar surface area (TPSA) is 135 Å². The van der Waals surface area contributed by atoms with Crippen LogP contribution < -0.4 is 20.7 Å². The molecule has 0 spiro atoms. The van der Waals surface area contributed by atoms with Crippen molar-refractivity contribution in [1.29, 1.82) is 0 Å². The summed E-state index contributed by atoms with van der Waals surface area (Å²) in [7, 11) is 1.48. The van der Waals surface area contributed by atoms with Gasteiger partial charge in [0.15, 0.2) is 5.13 Å². The first-order chi connectivity index (χ1) is 14.4. The second-order valence-corrected chi connectivity index (χ2v) is 6.87. The number of ether oxygens (including phenoxy) is 1. The van der Waals surface area contributed by atoms with E-state index in [1.54, 1.807) is 23.6 Å². The number of thiazole rings is 1. The number of hydrogen-bond donors (Lipinski definition) is 3. The summed E-state index contributed by atoms with van der Waals surface area (Å²) in [6.45, 7) is 1.39. The summed E-state index contributed by atoms with van der Waals surface area (Å²) in [6.07, 6.45) is 4.23. The maximum absolute atomic E-state index is 12.4. The number of carbonyl (C=O) groups is 3. The normalized spacial score (nSPS) is 10.2. The van der Waals surface area contributed by atoms with Crippen LogP contribution in [-0.4, -0.2) is 39.8 Å². The molecule has 154 valence electrons. The van der Waals surface area contributed by atoms with Crippen molar-refractivity contribution < 1.29 is 19.1 Å². The van der Waals surface area contributed by atoms with Gasteiger partial charge in [0, 0.05) is 30.4 Å². The van der Waals surface area contributed by atoms with Crippen molar-refractivity contribution in [2.45, 2.75) is 13.3 Å². The van der Waals surface area contributed by atoms with Crippen molar-refractivity contribution in [3.63, 3.8) is 0 Å². The third-order valence-electron chi connectivity index (χ3n) is 3.70. The number of nitrogens with one attached hydrogen (secondary N) is 3. The number of rotatable bonds is 7. The van der Waals surface area contributed by atoms with Crippen molar-refractivity contribution in [1.82, 2.24) is 15.0 Å². The molecule has 0 radical (unpaired) electrons. The Labute approximate surface area is 175 Å². The molecule has 11 heteroatoms. The monoisotopic (exact) mass is 426 g/mol. The summed E-state index contributed by atoms with van der Waals surface area (Å²) >= 11 is 1.19. The molecule has 3 aromatic rings. The number of anilines is 3. The molecule has 3 rings (SSSR count). The zero-order valence-electron chi connectivity index (χ0n) is 16.1. The van der Waals surface area contributed by atoms with Crippen LogP contribution in [0, 0.1) is 0 Å².